The SMILES string of the molecule is CC(C)OCNC(C)C(=O)N(C)C. The molecule has 0 rings (SSSR count). The van der Waals surface area contributed by atoms with E-state index in [4.69, 9.17) is 4.74 Å². The number of nitrogens with zero attached hydrogens (tertiary/aromatic N) is 1. The molecular weight excluding hydrogens is 168 g/mol. The Morgan fingerprint density at radius 3 is 2.31 bits per heavy atom. The Labute approximate surface area is 80.2 Å². The van der Waals surface area contributed by atoms with Crippen LogP contribution in [0.3, 0.4) is 0 Å². The van der Waals surface area contributed by atoms with Gasteiger partial charge in [0.15, 0.2) is 0 Å². The second-order valence-electron chi connectivity index (χ2n) is 3.52. The highest BCUT2D eigenvalue weighted by Crippen LogP contribution is 1.90. The van der Waals surface area contributed by atoms with Crippen LogP contribution in [0.2, 0.25) is 0 Å². The molecule has 1 atom stereocenters. The molecule has 0 aromatic carbocycles. The lowest BCUT2D eigenvalue weighted by molar-refractivity contribution is -0.131. The van der Waals surface area contributed by atoms with Crippen LogP contribution >= 0.6 is 0 Å². The Morgan fingerprint density at radius 1 is 1.38 bits per heavy atom. The summed E-state index contributed by atoms with van der Waals surface area (Å²) in [6.07, 6.45) is 0.189. The van der Waals surface area contributed by atoms with Gasteiger partial charge in [0.2, 0.25) is 5.91 Å². The molecule has 0 aromatic heterocycles. The van der Waals surface area contributed by atoms with Gasteiger partial charge in [0.05, 0.1) is 18.9 Å². The van der Waals surface area contributed by atoms with Crippen LogP contribution in [0.15, 0.2) is 0 Å². The average Bonchev–Trinajstić information content (AvgIpc) is 2.02. The van der Waals surface area contributed by atoms with E-state index in [1.807, 2.05) is 20.8 Å². The van der Waals surface area contributed by atoms with E-state index in [0.29, 0.717) is 6.73 Å². The summed E-state index contributed by atoms with van der Waals surface area (Å²) in [5.74, 6) is 0.0624. The standard InChI is InChI=1S/C9H20N2O2/c1-7(2)13-6-10-8(3)9(12)11(4)5/h7-8,10H,6H2,1-5H3. The Morgan fingerprint density at radius 2 is 1.92 bits per heavy atom. The number of rotatable bonds is 5. The summed E-state index contributed by atoms with van der Waals surface area (Å²) >= 11 is 0. The molecule has 78 valence electrons. The van der Waals surface area contributed by atoms with Gasteiger partial charge >= 0.3 is 0 Å². The zero-order chi connectivity index (χ0) is 10.4. The van der Waals surface area contributed by atoms with E-state index in [2.05, 4.69) is 5.32 Å². The molecule has 1 unspecified atom stereocenters. The molecule has 13 heavy (non-hydrogen) atoms. The largest absolute Gasteiger partial charge is 0.364 e. The quantitative estimate of drug-likeness (QED) is 0.636. The topological polar surface area (TPSA) is 41.6 Å². The molecule has 0 aliphatic heterocycles. The van der Waals surface area contributed by atoms with Gasteiger partial charge in [-0.2, -0.15) is 0 Å². The maximum Gasteiger partial charge on any atom is 0.238 e. The van der Waals surface area contributed by atoms with Crippen molar-refractivity contribution in [1.29, 1.82) is 0 Å². The van der Waals surface area contributed by atoms with Crippen LogP contribution in [0.25, 0.3) is 0 Å². The van der Waals surface area contributed by atoms with Crippen LogP contribution in [0.4, 0.5) is 0 Å². The number of carbonyl (C=O) groups excluding carboxylic acids is 1. The molecule has 0 radical (unpaired) electrons. The average molecular weight is 188 g/mol. The maximum absolute atomic E-state index is 11.3. The molecule has 4 nitrogen and oxygen atoms in total. The molecule has 0 aliphatic rings. The molecule has 0 spiro atoms. The van der Waals surface area contributed by atoms with E-state index in [1.165, 1.54) is 0 Å². The number of carbonyl (C=O) groups is 1. The van der Waals surface area contributed by atoms with Gasteiger partial charge in [-0.3, -0.25) is 10.1 Å². The first-order valence-electron chi connectivity index (χ1n) is 4.51. The van der Waals surface area contributed by atoms with Crippen molar-refractivity contribution in [2.75, 3.05) is 20.8 Å². The molecular formula is C9H20N2O2. The van der Waals surface area contributed by atoms with E-state index in [9.17, 15) is 4.79 Å². The van der Waals surface area contributed by atoms with E-state index in [0.717, 1.165) is 0 Å². The van der Waals surface area contributed by atoms with Crippen molar-refractivity contribution >= 4 is 5.91 Å². The number of likely N-dealkylation sites (N-methyl/N-ethyl adjacent to an activating group) is 1. The predicted octanol–water partition coefficient (Wildman–Crippen LogP) is 0.435. The summed E-state index contributed by atoms with van der Waals surface area (Å²) in [5.41, 5.74) is 0. The number of hydrogen-bond acceptors (Lipinski definition) is 3. The molecule has 0 aromatic rings. The number of amides is 1. The minimum Gasteiger partial charge on any atom is -0.364 e. The van der Waals surface area contributed by atoms with E-state index in [-0.39, 0.29) is 18.1 Å². The Balaban J connectivity index is 3.62. The third-order valence-corrected chi connectivity index (χ3v) is 1.62. The second-order valence-corrected chi connectivity index (χ2v) is 3.52. The van der Waals surface area contributed by atoms with Crippen LogP contribution in [0, 0.1) is 0 Å². The Bertz CT molecular complexity index is 158. The van der Waals surface area contributed by atoms with Gasteiger partial charge in [0, 0.05) is 14.1 Å². The summed E-state index contributed by atoms with van der Waals surface area (Å²) in [6.45, 7) is 6.16. The smallest absolute Gasteiger partial charge is 0.238 e. The van der Waals surface area contributed by atoms with Gasteiger partial charge in [-0.05, 0) is 20.8 Å². The van der Waals surface area contributed by atoms with Crippen molar-refractivity contribution in [2.45, 2.75) is 32.9 Å². The van der Waals surface area contributed by atoms with Crippen LogP contribution in [0.1, 0.15) is 20.8 Å². The lowest BCUT2D eigenvalue weighted by Crippen LogP contribution is -2.42. The third-order valence-electron chi connectivity index (χ3n) is 1.62. The zero-order valence-corrected chi connectivity index (χ0v) is 9.13. The lowest BCUT2D eigenvalue weighted by atomic mass is 10.3. The first-order valence-corrected chi connectivity index (χ1v) is 4.51. The molecule has 1 N–H and O–H groups in total. The molecule has 0 saturated heterocycles. The van der Waals surface area contributed by atoms with E-state index < -0.39 is 0 Å². The highest BCUT2D eigenvalue weighted by atomic mass is 16.5. The van der Waals surface area contributed by atoms with Crippen LogP contribution in [0.5, 0.6) is 0 Å². The van der Waals surface area contributed by atoms with Crippen molar-refractivity contribution in [3.05, 3.63) is 0 Å². The fourth-order valence-corrected chi connectivity index (χ4v) is 0.814. The summed E-state index contributed by atoms with van der Waals surface area (Å²) < 4.78 is 5.26. The molecule has 1 amide bonds. The number of hydrogen-bond donors (Lipinski definition) is 1. The second kappa shape index (κ2) is 5.94. The normalized spacial score (nSPS) is 13.1. The van der Waals surface area contributed by atoms with Gasteiger partial charge < -0.3 is 9.64 Å². The number of ether oxygens (including phenoxy) is 1. The monoisotopic (exact) mass is 188 g/mol. The fraction of sp³-hybridized carbons (Fsp3) is 0.889. The first kappa shape index (κ1) is 12.4. The summed E-state index contributed by atoms with van der Waals surface area (Å²) in [6, 6.07) is -0.186. The molecule has 0 saturated carbocycles. The van der Waals surface area contributed by atoms with Gasteiger partial charge in [-0.25, -0.2) is 0 Å². The highest BCUT2D eigenvalue weighted by molar-refractivity contribution is 5.80. The first-order chi connectivity index (χ1) is 5.95. The van der Waals surface area contributed by atoms with E-state index >= 15 is 0 Å². The minimum atomic E-state index is -0.186. The maximum atomic E-state index is 11.3. The van der Waals surface area contributed by atoms with Crippen molar-refractivity contribution in [3.63, 3.8) is 0 Å². The van der Waals surface area contributed by atoms with Gasteiger partial charge in [-0.15, -0.1) is 0 Å². The van der Waals surface area contributed by atoms with Crippen molar-refractivity contribution in [1.82, 2.24) is 10.2 Å². The summed E-state index contributed by atoms with van der Waals surface area (Å²) in [7, 11) is 3.48. The zero-order valence-electron chi connectivity index (χ0n) is 9.13. The fourth-order valence-electron chi connectivity index (χ4n) is 0.814. The van der Waals surface area contributed by atoms with Crippen molar-refractivity contribution in [3.8, 4) is 0 Å². The third kappa shape index (κ3) is 5.60. The van der Waals surface area contributed by atoms with Gasteiger partial charge in [0.25, 0.3) is 0 Å². The van der Waals surface area contributed by atoms with Crippen LogP contribution < -0.4 is 5.32 Å². The summed E-state index contributed by atoms with van der Waals surface area (Å²) in [4.78, 5) is 12.9. The van der Waals surface area contributed by atoms with Crippen LogP contribution in [-0.2, 0) is 9.53 Å². The van der Waals surface area contributed by atoms with Crippen LogP contribution in [-0.4, -0.2) is 43.8 Å². The molecule has 0 aliphatic carbocycles. The van der Waals surface area contributed by atoms with Gasteiger partial charge in [0.1, 0.15) is 0 Å². The molecule has 0 heterocycles. The lowest BCUT2D eigenvalue weighted by Gasteiger charge is -2.18. The molecule has 4 heteroatoms. The summed E-state index contributed by atoms with van der Waals surface area (Å²) in [5, 5.41) is 2.98. The van der Waals surface area contributed by atoms with Crippen molar-refractivity contribution in [2.24, 2.45) is 0 Å². The Hall–Kier alpha value is -0.610. The van der Waals surface area contributed by atoms with E-state index in [1.54, 1.807) is 19.0 Å². The number of nitrogens with one attached hydrogen (secondary N) is 1. The van der Waals surface area contributed by atoms with Crippen molar-refractivity contribution < 1.29 is 9.53 Å². The van der Waals surface area contributed by atoms with Gasteiger partial charge in [-0.1, -0.05) is 0 Å². The molecule has 0 fully saturated rings. The molecule has 0 bridgehead atoms. The highest BCUT2D eigenvalue weighted by Gasteiger charge is 2.13. The minimum absolute atomic E-state index is 0.0624. The predicted molar refractivity (Wildman–Crippen MR) is 52.4 cm³/mol. The Kier molecular flexibility index (Phi) is 5.66.